The molecule has 0 saturated carbocycles. The van der Waals surface area contributed by atoms with Gasteiger partial charge in [-0.05, 0) is 19.1 Å². The van der Waals surface area contributed by atoms with E-state index in [9.17, 15) is 19.1 Å². The van der Waals surface area contributed by atoms with E-state index in [-0.39, 0.29) is 31.0 Å². The van der Waals surface area contributed by atoms with E-state index in [1.165, 1.54) is 21.8 Å². The molecule has 2 heterocycles. The molecule has 0 radical (unpaired) electrons. The number of nitrogens with zero attached hydrogens (tertiary/aromatic N) is 3. The second kappa shape index (κ2) is 6.40. The Bertz CT molecular complexity index is 789. The Morgan fingerprint density at radius 1 is 1.38 bits per heavy atom. The molecule has 1 aliphatic heterocycles. The number of carbonyl (C=O) groups is 2. The van der Waals surface area contributed by atoms with Gasteiger partial charge >= 0.3 is 5.97 Å². The zero-order valence-corrected chi connectivity index (χ0v) is 13.0. The molecule has 1 N–H and O–H groups in total. The predicted molar refractivity (Wildman–Crippen MR) is 81.5 cm³/mol. The van der Waals surface area contributed by atoms with E-state index in [4.69, 9.17) is 4.74 Å². The molecule has 3 rings (SSSR count). The van der Waals surface area contributed by atoms with Crippen LogP contribution in [0.4, 0.5) is 4.39 Å². The maximum Gasteiger partial charge on any atom is 0.328 e. The van der Waals surface area contributed by atoms with E-state index in [0.29, 0.717) is 5.69 Å². The van der Waals surface area contributed by atoms with Gasteiger partial charge in [0.2, 0.25) is 0 Å². The van der Waals surface area contributed by atoms with E-state index >= 15 is 0 Å². The Labute approximate surface area is 137 Å². The van der Waals surface area contributed by atoms with Crippen LogP contribution in [0.2, 0.25) is 0 Å². The maximum atomic E-state index is 13.9. The number of rotatable bonds is 3. The van der Waals surface area contributed by atoms with Gasteiger partial charge in [0, 0.05) is 6.54 Å². The summed E-state index contributed by atoms with van der Waals surface area (Å²) >= 11 is 0. The Morgan fingerprint density at radius 3 is 2.83 bits per heavy atom. The lowest BCUT2D eigenvalue weighted by atomic mass is 10.1. The van der Waals surface area contributed by atoms with Crippen LogP contribution in [0.1, 0.15) is 16.1 Å². The van der Waals surface area contributed by atoms with Gasteiger partial charge in [0.15, 0.2) is 6.04 Å². The highest BCUT2D eigenvalue weighted by Gasteiger charge is 2.34. The fraction of sp³-hybridized carbons (Fsp3) is 0.312. The molecule has 1 atom stereocenters. The summed E-state index contributed by atoms with van der Waals surface area (Å²) in [5, 5.41) is 13.3. The number of aromatic nitrogens is 2. The van der Waals surface area contributed by atoms with Crippen molar-refractivity contribution in [3.63, 3.8) is 0 Å². The van der Waals surface area contributed by atoms with Gasteiger partial charge < -0.3 is 14.7 Å². The second-order valence-corrected chi connectivity index (χ2v) is 5.43. The van der Waals surface area contributed by atoms with Gasteiger partial charge in [0.1, 0.15) is 11.5 Å². The fourth-order valence-electron chi connectivity index (χ4n) is 2.69. The first-order valence-electron chi connectivity index (χ1n) is 7.41. The molecule has 126 valence electrons. The summed E-state index contributed by atoms with van der Waals surface area (Å²) in [7, 11) is 0. The van der Waals surface area contributed by atoms with Crippen molar-refractivity contribution in [3.8, 4) is 5.69 Å². The molecule has 0 bridgehead atoms. The normalized spacial score (nSPS) is 17.8. The molecule has 1 aliphatic rings. The van der Waals surface area contributed by atoms with Crippen molar-refractivity contribution in [3.05, 3.63) is 47.5 Å². The van der Waals surface area contributed by atoms with Gasteiger partial charge in [0.25, 0.3) is 5.91 Å². The highest BCUT2D eigenvalue weighted by atomic mass is 19.1. The maximum absolute atomic E-state index is 13.9. The molecule has 24 heavy (non-hydrogen) atoms. The molecule has 1 unspecified atom stereocenters. The summed E-state index contributed by atoms with van der Waals surface area (Å²) in [4.78, 5) is 25.3. The molecule has 8 heteroatoms. The molecular weight excluding hydrogens is 317 g/mol. The van der Waals surface area contributed by atoms with Gasteiger partial charge in [-0.15, -0.1) is 0 Å². The molecule has 0 spiro atoms. The van der Waals surface area contributed by atoms with Crippen LogP contribution in [0.25, 0.3) is 5.69 Å². The molecular formula is C16H16FN3O4. The standard InChI is InChI=1S/C16H16FN3O4/c1-10-11(8-18-20(10)13-5-3-2-4-12(13)17)15(21)19-6-7-24-9-14(19)16(22)23/h2-5,8,14H,6-7,9H2,1H3,(H,22,23). The topological polar surface area (TPSA) is 84.7 Å². The van der Waals surface area contributed by atoms with Gasteiger partial charge in [-0.3, -0.25) is 4.79 Å². The van der Waals surface area contributed by atoms with Gasteiger partial charge in [-0.1, -0.05) is 12.1 Å². The van der Waals surface area contributed by atoms with Gasteiger partial charge in [0.05, 0.1) is 30.7 Å². The van der Waals surface area contributed by atoms with E-state index < -0.39 is 23.7 Å². The summed E-state index contributed by atoms with van der Waals surface area (Å²) in [5.74, 6) is -2.04. The number of amides is 1. The number of carboxylic acids is 1. The molecule has 1 amide bonds. The number of morpholine rings is 1. The van der Waals surface area contributed by atoms with E-state index in [2.05, 4.69) is 5.10 Å². The number of ether oxygens (including phenoxy) is 1. The van der Waals surface area contributed by atoms with Crippen molar-refractivity contribution >= 4 is 11.9 Å². The summed E-state index contributed by atoms with van der Waals surface area (Å²) in [5.41, 5.74) is 0.915. The fourth-order valence-corrected chi connectivity index (χ4v) is 2.69. The molecule has 1 aromatic heterocycles. The molecule has 1 fully saturated rings. The molecule has 7 nitrogen and oxygen atoms in total. The summed E-state index contributed by atoms with van der Waals surface area (Å²) in [6, 6.07) is 5.05. The zero-order chi connectivity index (χ0) is 17.3. The minimum atomic E-state index is -1.12. The van der Waals surface area contributed by atoms with Gasteiger partial charge in [-0.25, -0.2) is 13.9 Å². The average Bonchev–Trinajstić information content (AvgIpc) is 2.96. The molecule has 0 aliphatic carbocycles. The van der Waals surface area contributed by atoms with Crippen molar-refractivity contribution < 1.29 is 23.8 Å². The minimum Gasteiger partial charge on any atom is -0.480 e. The van der Waals surface area contributed by atoms with Crippen LogP contribution >= 0.6 is 0 Å². The lowest BCUT2D eigenvalue weighted by Crippen LogP contribution is -2.52. The van der Waals surface area contributed by atoms with Crippen molar-refractivity contribution in [2.24, 2.45) is 0 Å². The number of halogens is 1. The van der Waals surface area contributed by atoms with Crippen LogP contribution in [-0.4, -0.2) is 57.5 Å². The molecule has 1 saturated heterocycles. The first-order valence-corrected chi connectivity index (χ1v) is 7.41. The Morgan fingerprint density at radius 2 is 2.12 bits per heavy atom. The average molecular weight is 333 g/mol. The van der Waals surface area contributed by atoms with Crippen molar-refractivity contribution in [2.45, 2.75) is 13.0 Å². The SMILES string of the molecule is Cc1c(C(=O)N2CCOCC2C(=O)O)cnn1-c1ccccc1F. The van der Waals surface area contributed by atoms with E-state index in [1.807, 2.05) is 0 Å². The van der Waals surface area contributed by atoms with Crippen molar-refractivity contribution in [1.29, 1.82) is 0 Å². The number of carbonyl (C=O) groups excluding carboxylic acids is 1. The first-order chi connectivity index (χ1) is 11.5. The van der Waals surface area contributed by atoms with Crippen LogP contribution < -0.4 is 0 Å². The highest BCUT2D eigenvalue weighted by Crippen LogP contribution is 2.20. The van der Waals surface area contributed by atoms with E-state index in [1.54, 1.807) is 25.1 Å². The number of carboxylic acid groups (broad SMARTS) is 1. The largest absolute Gasteiger partial charge is 0.480 e. The van der Waals surface area contributed by atoms with E-state index in [0.717, 1.165) is 0 Å². The third kappa shape index (κ3) is 2.76. The first kappa shape index (κ1) is 16.1. The lowest BCUT2D eigenvalue weighted by molar-refractivity contribution is -0.147. The number of benzene rings is 1. The Hall–Kier alpha value is -2.74. The highest BCUT2D eigenvalue weighted by molar-refractivity contribution is 5.97. The van der Waals surface area contributed by atoms with Crippen molar-refractivity contribution in [1.82, 2.24) is 14.7 Å². The quantitative estimate of drug-likeness (QED) is 0.914. The predicted octanol–water partition coefficient (Wildman–Crippen LogP) is 1.25. The third-order valence-corrected chi connectivity index (χ3v) is 4.00. The lowest BCUT2D eigenvalue weighted by Gasteiger charge is -2.32. The van der Waals surface area contributed by atoms with Crippen LogP contribution in [0.15, 0.2) is 30.5 Å². The summed E-state index contributed by atoms with van der Waals surface area (Å²) < 4.78 is 20.4. The zero-order valence-electron chi connectivity index (χ0n) is 13.0. The summed E-state index contributed by atoms with van der Waals surface area (Å²) in [6.45, 7) is 2.04. The Balaban J connectivity index is 1.94. The monoisotopic (exact) mass is 333 g/mol. The number of para-hydroxylation sites is 1. The van der Waals surface area contributed by atoms with Crippen LogP contribution in [0.5, 0.6) is 0 Å². The molecule has 2 aromatic rings. The third-order valence-electron chi connectivity index (χ3n) is 4.00. The van der Waals surface area contributed by atoms with Gasteiger partial charge in [-0.2, -0.15) is 5.10 Å². The smallest absolute Gasteiger partial charge is 0.328 e. The number of hydrogen-bond donors (Lipinski definition) is 1. The molecule has 1 aromatic carbocycles. The van der Waals surface area contributed by atoms with Crippen molar-refractivity contribution in [2.75, 3.05) is 19.8 Å². The van der Waals surface area contributed by atoms with Crippen LogP contribution in [0.3, 0.4) is 0 Å². The van der Waals surface area contributed by atoms with Crippen LogP contribution in [0, 0.1) is 12.7 Å². The number of aliphatic carboxylic acids is 1. The van der Waals surface area contributed by atoms with Crippen LogP contribution in [-0.2, 0) is 9.53 Å². The minimum absolute atomic E-state index is 0.0540. The summed E-state index contributed by atoms with van der Waals surface area (Å²) in [6.07, 6.45) is 1.33. The second-order valence-electron chi connectivity index (χ2n) is 5.43. The number of hydrogen-bond acceptors (Lipinski definition) is 4. The Kier molecular flexibility index (Phi) is 4.30.